The molecule has 0 amide bonds. The number of hydrogen-bond acceptors (Lipinski definition) is 4. The van der Waals surface area contributed by atoms with Crippen molar-refractivity contribution in [2.24, 2.45) is 0 Å². The Morgan fingerprint density at radius 2 is 2.00 bits per heavy atom. The molecule has 0 aliphatic rings. The van der Waals surface area contributed by atoms with Gasteiger partial charge in [0, 0.05) is 0 Å². The molecule has 0 radical (unpaired) electrons. The van der Waals surface area contributed by atoms with Crippen molar-refractivity contribution in [1.29, 1.82) is 0 Å². The maximum Gasteiger partial charge on any atom is 0.177 e. The van der Waals surface area contributed by atoms with Crippen LogP contribution in [0.3, 0.4) is 0 Å². The van der Waals surface area contributed by atoms with E-state index in [1.807, 2.05) is 50.2 Å². The molecule has 2 aromatic heterocycles. The first-order valence-electron chi connectivity index (χ1n) is 5.91. The van der Waals surface area contributed by atoms with Crippen LogP contribution in [0.25, 0.3) is 11.0 Å². The minimum Gasteiger partial charge on any atom is -0.464 e. The third-order valence-corrected chi connectivity index (χ3v) is 2.92. The van der Waals surface area contributed by atoms with E-state index in [1.165, 1.54) is 0 Å². The lowest BCUT2D eigenvalue weighted by atomic mass is 10.2. The fourth-order valence-corrected chi connectivity index (χ4v) is 1.95. The van der Waals surface area contributed by atoms with Gasteiger partial charge in [-0.3, -0.25) is 0 Å². The number of nitrogens with one attached hydrogen (secondary N) is 1. The van der Waals surface area contributed by atoms with Crippen molar-refractivity contribution in [2.45, 2.75) is 19.9 Å². The summed E-state index contributed by atoms with van der Waals surface area (Å²) in [4.78, 5) is 0. The Labute approximate surface area is 105 Å². The van der Waals surface area contributed by atoms with Crippen LogP contribution < -0.4 is 5.32 Å². The van der Waals surface area contributed by atoms with Crippen molar-refractivity contribution in [2.75, 3.05) is 5.32 Å². The fourth-order valence-electron chi connectivity index (χ4n) is 1.95. The Morgan fingerprint density at radius 1 is 1.17 bits per heavy atom. The monoisotopic (exact) mass is 242 g/mol. The molecule has 0 spiro atoms. The molecule has 4 heteroatoms. The van der Waals surface area contributed by atoms with Gasteiger partial charge in [0.2, 0.25) is 0 Å². The highest BCUT2D eigenvalue weighted by atomic mass is 16.5. The highest BCUT2D eigenvalue weighted by Crippen LogP contribution is 2.26. The average molecular weight is 242 g/mol. The van der Waals surface area contributed by atoms with Gasteiger partial charge in [-0.05, 0) is 38.1 Å². The van der Waals surface area contributed by atoms with Crippen LogP contribution in [0.1, 0.15) is 24.5 Å². The zero-order valence-electron chi connectivity index (χ0n) is 10.3. The number of aryl methyl sites for hydroxylation is 1. The molecular formula is C14H14N2O2. The Bertz CT molecular complexity index is 669. The van der Waals surface area contributed by atoms with Crippen LogP contribution in [-0.2, 0) is 0 Å². The van der Waals surface area contributed by atoms with E-state index in [0.29, 0.717) is 0 Å². The topological polar surface area (TPSA) is 51.2 Å². The normalized spacial score (nSPS) is 12.8. The van der Waals surface area contributed by atoms with Gasteiger partial charge in [-0.15, -0.1) is 0 Å². The van der Waals surface area contributed by atoms with Gasteiger partial charge >= 0.3 is 0 Å². The third-order valence-electron chi connectivity index (χ3n) is 2.92. The summed E-state index contributed by atoms with van der Waals surface area (Å²) in [6, 6.07) is 11.7. The number of furan rings is 1. The molecule has 0 saturated heterocycles. The highest BCUT2D eigenvalue weighted by molar-refractivity contribution is 5.87. The number of benzene rings is 1. The van der Waals surface area contributed by atoms with Gasteiger partial charge in [0.05, 0.1) is 11.4 Å². The number of para-hydroxylation sites is 1. The summed E-state index contributed by atoms with van der Waals surface area (Å²) in [6.07, 6.45) is 0. The number of anilines is 1. The second kappa shape index (κ2) is 4.22. The quantitative estimate of drug-likeness (QED) is 0.756. The van der Waals surface area contributed by atoms with Crippen LogP contribution in [0.15, 0.2) is 45.3 Å². The van der Waals surface area contributed by atoms with Crippen molar-refractivity contribution in [3.05, 3.63) is 47.9 Å². The maximum absolute atomic E-state index is 5.59. The zero-order valence-corrected chi connectivity index (χ0v) is 10.3. The molecule has 0 bridgehead atoms. The molecule has 0 fully saturated rings. The molecule has 0 saturated carbocycles. The predicted octanol–water partition coefficient (Wildman–Crippen LogP) is 3.90. The molecule has 4 nitrogen and oxygen atoms in total. The lowest BCUT2D eigenvalue weighted by Gasteiger charge is -2.09. The van der Waals surface area contributed by atoms with Gasteiger partial charge < -0.3 is 14.3 Å². The fraction of sp³-hybridized carbons (Fsp3) is 0.214. The predicted molar refractivity (Wildman–Crippen MR) is 69.5 cm³/mol. The maximum atomic E-state index is 5.59. The molecule has 1 N–H and O–H groups in total. The summed E-state index contributed by atoms with van der Waals surface area (Å²) >= 11 is 0. The Hall–Kier alpha value is -2.23. The van der Waals surface area contributed by atoms with E-state index < -0.39 is 0 Å². The van der Waals surface area contributed by atoms with E-state index in [9.17, 15) is 0 Å². The average Bonchev–Trinajstić information content (AvgIpc) is 2.97. The molecule has 1 atom stereocenters. The van der Waals surface area contributed by atoms with Crippen molar-refractivity contribution < 1.29 is 8.94 Å². The number of aromatic nitrogens is 1. The lowest BCUT2D eigenvalue weighted by molar-refractivity contribution is 0.450. The van der Waals surface area contributed by atoms with E-state index in [2.05, 4.69) is 10.5 Å². The van der Waals surface area contributed by atoms with Gasteiger partial charge in [0.1, 0.15) is 11.5 Å². The van der Waals surface area contributed by atoms with Crippen molar-refractivity contribution in [3.8, 4) is 0 Å². The van der Waals surface area contributed by atoms with Crippen molar-refractivity contribution >= 4 is 16.8 Å². The van der Waals surface area contributed by atoms with Gasteiger partial charge in [-0.1, -0.05) is 17.3 Å². The largest absolute Gasteiger partial charge is 0.464 e. The summed E-state index contributed by atoms with van der Waals surface area (Å²) < 4.78 is 10.8. The minimum atomic E-state index is 0.0483. The van der Waals surface area contributed by atoms with Gasteiger partial charge in [-0.2, -0.15) is 0 Å². The molecule has 3 aromatic rings. The highest BCUT2D eigenvalue weighted by Gasteiger charge is 2.13. The molecule has 18 heavy (non-hydrogen) atoms. The third kappa shape index (κ3) is 1.86. The number of fused-ring (bicyclic) bond motifs is 1. The first-order chi connectivity index (χ1) is 8.74. The van der Waals surface area contributed by atoms with Gasteiger partial charge in [0.15, 0.2) is 11.4 Å². The van der Waals surface area contributed by atoms with Crippen LogP contribution in [0.2, 0.25) is 0 Å². The summed E-state index contributed by atoms with van der Waals surface area (Å²) in [7, 11) is 0. The first kappa shape index (κ1) is 10.9. The Morgan fingerprint density at radius 3 is 2.78 bits per heavy atom. The molecule has 0 aliphatic carbocycles. The second-order valence-electron chi connectivity index (χ2n) is 4.34. The van der Waals surface area contributed by atoms with Crippen LogP contribution in [0.4, 0.5) is 5.82 Å². The van der Waals surface area contributed by atoms with E-state index >= 15 is 0 Å². The van der Waals surface area contributed by atoms with E-state index in [4.69, 9.17) is 8.94 Å². The minimum absolute atomic E-state index is 0.0483. The van der Waals surface area contributed by atoms with Gasteiger partial charge in [-0.25, -0.2) is 0 Å². The summed E-state index contributed by atoms with van der Waals surface area (Å²) in [6.45, 7) is 3.96. The summed E-state index contributed by atoms with van der Waals surface area (Å²) in [5.74, 6) is 2.54. The number of rotatable bonds is 3. The Kier molecular flexibility index (Phi) is 2.55. The van der Waals surface area contributed by atoms with Crippen molar-refractivity contribution in [1.82, 2.24) is 5.16 Å². The van der Waals surface area contributed by atoms with Crippen molar-refractivity contribution in [3.63, 3.8) is 0 Å². The second-order valence-corrected chi connectivity index (χ2v) is 4.34. The number of nitrogens with zero attached hydrogens (tertiary/aromatic N) is 1. The summed E-state index contributed by atoms with van der Waals surface area (Å²) in [5, 5.41) is 8.31. The molecule has 0 aliphatic heterocycles. The van der Waals surface area contributed by atoms with E-state index in [-0.39, 0.29) is 6.04 Å². The number of hydrogen-bond donors (Lipinski definition) is 1. The van der Waals surface area contributed by atoms with Gasteiger partial charge in [0.25, 0.3) is 0 Å². The smallest absolute Gasteiger partial charge is 0.177 e. The molecule has 3 rings (SSSR count). The van der Waals surface area contributed by atoms with Crippen LogP contribution in [0.5, 0.6) is 0 Å². The SMILES string of the molecule is Cc1ccc(C(C)Nc2noc3ccccc23)o1. The molecular weight excluding hydrogens is 228 g/mol. The first-order valence-corrected chi connectivity index (χ1v) is 5.91. The molecule has 92 valence electrons. The molecule has 1 aromatic carbocycles. The van der Waals surface area contributed by atoms with Crippen LogP contribution >= 0.6 is 0 Å². The van der Waals surface area contributed by atoms with E-state index in [0.717, 1.165) is 28.3 Å². The standard InChI is InChI=1S/C14H14N2O2/c1-9-7-8-12(17-9)10(2)15-14-11-5-3-4-6-13(11)18-16-14/h3-8,10H,1-2H3,(H,15,16). The van der Waals surface area contributed by atoms with Crippen LogP contribution in [0, 0.1) is 6.92 Å². The van der Waals surface area contributed by atoms with Crippen LogP contribution in [-0.4, -0.2) is 5.16 Å². The Balaban J connectivity index is 1.88. The molecule has 2 heterocycles. The zero-order chi connectivity index (χ0) is 12.5. The lowest BCUT2D eigenvalue weighted by Crippen LogP contribution is -2.05. The van der Waals surface area contributed by atoms with E-state index in [1.54, 1.807) is 0 Å². The molecule has 1 unspecified atom stereocenters. The summed E-state index contributed by atoms with van der Waals surface area (Å²) in [5.41, 5.74) is 0.780.